The molecule has 21 heavy (non-hydrogen) atoms. The Morgan fingerprint density at radius 3 is 2.76 bits per heavy atom. The Bertz CT molecular complexity index is 665. The van der Waals surface area contributed by atoms with E-state index in [2.05, 4.69) is 17.5 Å². The molecule has 1 aliphatic rings. The fourth-order valence-electron chi connectivity index (χ4n) is 2.40. The summed E-state index contributed by atoms with van der Waals surface area (Å²) in [4.78, 5) is 12.2. The van der Waals surface area contributed by atoms with Crippen molar-refractivity contribution in [1.29, 1.82) is 0 Å². The number of nitrogens with two attached hydrogens (primary N) is 1. The van der Waals surface area contributed by atoms with Crippen LogP contribution in [0.2, 0.25) is 0 Å². The van der Waals surface area contributed by atoms with Gasteiger partial charge in [0.2, 0.25) is 10.0 Å². The number of nitrogens with one attached hydrogen (secondary N) is 1. The number of carbonyl (C=O) groups excluding carboxylic acids is 1. The number of hydrogen-bond acceptors (Lipinski definition) is 3. The number of primary sulfonamides is 1. The first-order valence-corrected chi connectivity index (χ1v) is 8.49. The van der Waals surface area contributed by atoms with Crippen molar-refractivity contribution >= 4 is 15.9 Å². The Morgan fingerprint density at radius 1 is 1.38 bits per heavy atom. The number of allylic oxidation sites excluding steroid dienone is 2. The van der Waals surface area contributed by atoms with Crippen molar-refractivity contribution < 1.29 is 13.2 Å². The normalized spacial score (nSPS) is 18.5. The average Bonchev–Trinajstić information content (AvgIpc) is 2.45. The van der Waals surface area contributed by atoms with Crippen molar-refractivity contribution in [2.75, 3.05) is 6.54 Å². The second-order valence-electron chi connectivity index (χ2n) is 5.38. The van der Waals surface area contributed by atoms with Crippen LogP contribution in [0.15, 0.2) is 35.2 Å². The summed E-state index contributed by atoms with van der Waals surface area (Å²) in [6, 6.07) is 4.34. The predicted molar refractivity (Wildman–Crippen MR) is 81.4 cm³/mol. The summed E-state index contributed by atoms with van der Waals surface area (Å²) in [7, 11) is -3.80. The van der Waals surface area contributed by atoms with E-state index in [1.807, 2.05) is 0 Å². The van der Waals surface area contributed by atoms with Crippen molar-refractivity contribution in [3.8, 4) is 0 Å². The molecule has 1 aromatic carbocycles. The Balaban J connectivity index is 2.09. The lowest BCUT2D eigenvalue weighted by Gasteiger charge is -2.18. The second kappa shape index (κ2) is 6.41. The maximum Gasteiger partial charge on any atom is 0.251 e. The van der Waals surface area contributed by atoms with Crippen LogP contribution in [0.1, 0.15) is 35.2 Å². The third-order valence-corrected chi connectivity index (χ3v) is 4.62. The van der Waals surface area contributed by atoms with Gasteiger partial charge in [0.25, 0.3) is 5.91 Å². The third-order valence-electron chi connectivity index (χ3n) is 3.71. The maximum atomic E-state index is 12.2. The highest BCUT2D eigenvalue weighted by molar-refractivity contribution is 7.89. The summed E-state index contributed by atoms with van der Waals surface area (Å²) in [5, 5.41) is 7.98. The molecule has 1 atom stereocenters. The fraction of sp³-hybridized carbons (Fsp3) is 0.400. The molecule has 0 saturated carbocycles. The summed E-state index contributed by atoms with van der Waals surface area (Å²) in [5.74, 6) is 0.188. The Labute approximate surface area is 125 Å². The smallest absolute Gasteiger partial charge is 0.251 e. The molecule has 2 rings (SSSR count). The van der Waals surface area contributed by atoms with Crippen molar-refractivity contribution in [2.45, 2.75) is 31.1 Å². The molecule has 1 unspecified atom stereocenters. The summed E-state index contributed by atoms with van der Waals surface area (Å²) in [6.07, 6.45) is 7.36. The van der Waals surface area contributed by atoms with Crippen LogP contribution in [0, 0.1) is 12.8 Å². The van der Waals surface area contributed by atoms with E-state index in [0.29, 0.717) is 18.0 Å². The van der Waals surface area contributed by atoms with Crippen LogP contribution in [0.3, 0.4) is 0 Å². The molecule has 0 heterocycles. The summed E-state index contributed by atoms with van der Waals surface area (Å²) in [6.45, 7) is 2.37. The molecule has 0 saturated heterocycles. The van der Waals surface area contributed by atoms with E-state index in [1.165, 1.54) is 12.1 Å². The molecule has 0 radical (unpaired) electrons. The van der Waals surface area contributed by atoms with Gasteiger partial charge in [-0.25, -0.2) is 13.6 Å². The molecule has 114 valence electrons. The maximum absolute atomic E-state index is 12.2. The highest BCUT2D eigenvalue weighted by atomic mass is 32.2. The van der Waals surface area contributed by atoms with Crippen LogP contribution in [0.5, 0.6) is 0 Å². The zero-order chi connectivity index (χ0) is 15.5. The number of rotatable bonds is 4. The van der Waals surface area contributed by atoms with Crippen LogP contribution in [-0.4, -0.2) is 20.9 Å². The Hall–Kier alpha value is -1.66. The number of carbonyl (C=O) groups is 1. The minimum absolute atomic E-state index is 0.0427. The average molecular weight is 308 g/mol. The predicted octanol–water partition coefficient (Wildman–Crippen LogP) is 1.73. The summed E-state index contributed by atoms with van der Waals surface area (Å²) < 4.78 is 22.7. The van der Waals surface area contributed by atoms with Gasteiger partial charge in [-0.2, -0.15) is 0 Å². The van der Waals surface area contributed by atoms with E-state index in [-0.39, 0.29) is 10.8 Å². The quantitative estimate of drug-likeness (QED) is 0.830. The molecular formula is C15H20N2O3S. The standard InChI is InChI=1S/C15H20N2O3S/c1-11-7-8-13(21(16,19)20)9-14(11)15(18)17-10-12-5-3-2-4-6-12/h2-3,7-9,12H,4-6,10H2,1H3,(H,17,18)(H2,16,19,20). The second-order valence-corrected chi connectivity index (χ2v) is 6.94. The van der Waals surface area contributed by atoms with Crippen molar-refractivity contribution in [1.82, 2.24) is 5.32 Å². The topological polar surface area (TPSA) is 89.3 Å². The molecule has 1 aliphatic carbocycles. The van der Waals surface area contributed by atoms with Gasteiger partial charge in [-0.15, -0.1) is 0 Å². The molecule has 0 spiro atoms. The highest BCUT2D eigenvalue weighted by Crippen LogP contribution is 2.18. The first kappa shape index (κ1) is 15.7. The monoisotopic (exact) mass is 308 g/mol. The van der Waals surface area contributed by atoms with E-state index in [4.69, 9.17) is 5.14 Å². The zero-order valence-electron chi connectivity index (χ0n) is 12.0. The molecule has 0 aliphatic heterocycles. The highest BCUT2D eigenvalue weighted by Gasteiger charge is 2.16. The van der Waals surface area contributed by atoms with Crippen LogP contribution in [-0.2, 0) is 10.0 Å². The van der Waals surface area contributed by atoms with Crippen LogP contribution >= 0.6 is 0 Å². The number of hydrogen-bond donors (Lipinski definition) is 2. The van der Waals surface area contributed by atoms with Gasteiger partial charge in [-0.05, 0) is 49.8 Å². The molecule has 0 bridgehead atoms. The van der Waals surface area contributed by atoms with Crippen molar-refractivity contribution in [2.24, 2.45) is 11.1 Å². The first-order valence-electron chi connectivity index (χ1n) is 6.94. The summed E-state index contributed by atoms with van der Waals surface area (Å²) in [5.41, 5.74) is 1.08. The van der Waals surface area contributed by atoms with Crippen LogP contribution in [0.4, 0.5) is 0 Å². The van der Waals surface area contributed by atoms with Gasteiger partial charge in [0, 0.05) is 12.1 Å². The first-order chi connectivity index (χ1) is 9.88. The van der Waals surface area contributed by atoms with Gasteiger partial charge in [0.05, 0.1) is 4.90 Å². The van der Waals surface area contributed by atoms with Crippen molar-refractivity contribution in [3.63, 3.8) is 0 Å². The molecule has 1 amide bonds. The van der Waals surface area contributed by atoms with Gasteiger partial charge in [0.15, 0.2) is 0 Å². The largest absolute Gasteiger partial charge is 0.352 e. The number of benzene rings is 1. The minimum Gasteiger partial charge on any atom is -0.352 e. The lowest BCUT2D eigenvalue weighted by molar-refractivity contribution is 0.0945. The van der Waals surface area contributed by atoms with Gasteiger partial charge in [-0.1, -0.05) is 18.2 Å². The molecule has 3 N–H and O–H groups in total. The lowest BCUT2D eigenvalue weighted by atomic mass is 9.94. The number of amides is 1. The molecular weight excluding hydrogens is 288 g/mol. The van der Waals surface area contributed by atoms with Crippen LogP contribution in [0.25, 0.3) is 0 Å². The van der Waals surface area contributed by atoms with Crippen LogP contribution < -0.4 is 10.5 Å². The molecule has 1 aromatic rings. The molecule has 5 nitrogen and oxygen atoms in total. The van der Waals surface area contributed by atoms with E-state index in [1.54, 1.807) is 13.0 Å². The third kappa shape index (κ3) is 4.15. The van der Waals surface area contributed by atoms with E-state index >= 15 is 0 Å². The van der Waals surface area contributed by atoms with Gasteiger partial charge in [0.1, 0.15) is 0 Å². The minimum atomic E-state index is -3.80. The van der Waals surface area contributed by atoms with E-state index < -0.39 is 10.0 Å². The Morgan fingerprint density at radius 2 is 2.14 bits per heavy atom. The van der Waals surface area contributed by atoms with Gasteiger partial charge < -0.3 is 5.32 Å². The zero-order valence-corrected chi connectivity index (χ0v) is 12.8. The van der Waals surface area contributed by atoms with Gasteiger partial charge in [-0.3, -0.25) is 4.79 Å². The number of sulfonamides is 1. The summed E-state index contributed by atoms with van der Waals surface area (Å²) >= 11 is 0. The molecule has 0 aromatic heterocycles. The molecule has 6 heteroatoms. The molecule has 0 fully saturated rings. The Kier molecular flexibility index (Phi) is 4.80. The van der Waals surface area contributed by atoms with Crippen molar-refractivity contribution in [3.05, 3.63) is 41.5 Å². The van der Waals surface area contributed by atoms with E-state index in [0.717, 1.165) is 24.8 Å². The number of aryl methyl sites for hydroxylation is 1. The fourth-order valence-corrected chi connectivity index (χ4v) is 2.94. The lowest BCUT2D eigenvalue weighted by Crippen LogP contribution is -2.30. The van der Waals surface area contributed by atoms with Gasteiger partial charge >= 0.3 is 0 Å². The van der Waals surface area contributed by atoms with E-state index in [9.17, 15) is 13.2 Å². The SMILES string of the molecule is Cc1ccc(S(N)(=O)=O)cc1C(=O)NCC1CC=CCC1.